The second kappa shape index (κ2) is 11.9. The Kier molecular flexibility index (Phi) is 9.57. The fraction of sp³-hybridized carbons (Fsp3) is 0.417. The topological polar surface area (TPSA) is 103 Å². The van der Waals surface area contributed by atoms with Gasteiger partial charge >= 0.3 is 17.9 Å². The number of methoxy groups -OCH3 is 1. The zero-order valence-corrected chi connectivity index (χ0v) is 22.0. The summed E-state index contributed by atoms with van der Waals surface area (Å²) in [4.78, 5) is 38.4. The van der Waals surface area contributed by atoms with E-state index in [9.17, 15) is 14.4 Å². The number of nitrogens with one attached hydrogen (secondary N) is 2. The molecule has 0 saturated heterocycles. The van der Waals surface area contributed by atoms with Crippen LogP contribution >= 0.6 is 23.6 Å². The van der Waals surface area contributed by atoms with Crippen molar-refractivity contribution in [1.29, 1.82) is 0 Å². The maximum absolute atomic E-state index is 12.5. The van der Waals surface area contributed by atoms with Crippen LogP contribution in [-0.4, -0.2) is 42.3 Å². The third-order valence-electron chi connectivity index (χ3n) is 4.53. The zero-order valence-electron chi connectivity index (χ0n) is 20.4. The highest BCUT2D eigenvalue weighted by atomic mass is 32.1. The van der Waals surface area contributed by atoms with Gasteiger partial charge in [-0.2, -0.15) is 0 Å². The van der Waals surface area contributed by atoms with Crippen molar-refractivity contribution < 1.29 is 28.6 Å². The zero-order chi connectivity index (χ0) is 25.6. The molecule has 0 amide bonds. The van der Waals surface area contributed by atoms with Gasteiger partial charge in [0, 0.05) is 10.6 Å². The van der Waals surface area contributed by atoms with Crippen molar-refractivity contribution in [3.8, 4) is 0 Å². The van der Waals surface area contributed by atoms with Gasteiger partial charge in [-0.3, -0.25) is 0 Å². The molecule has 1 heterocycles. The van der Waals surface area contributed by atoms with E-state index in [4.69, 9.17) is 26.4 Å². The van der Waals surface area contributed by atoms with Gasteiger partial charge in [0.05, 0.1) is 36.0 Å². The molecule has 0 aliphatic rings. The molecule has 0 atom stereocenters. The van der Waals surface area contributed by atoms with Crippen LogP contribution in [0.1, 0.15) is 76.1 Å². The molecule has 8 nitrogen and oxygen atoms in total. The molecule has 0 unspecified atom stereocenters. The second-order valence-corrected chi connectivity index (χ2v) is 9.61. The van der Waals surface area contributed by atoms with E-state index in [1.807, 2.05) is 13.8 Å². The number of rotatable bonds is 8. The Balaban J connectivity index is 2.36. The highest BCUT2D eigenvalue weighted by molar-refractivity contribution is 7.80. The molecule has 184 valence electrons. The number of carbonyl (C=O) groups is 3. The summed E-state index contributed by atoms with van der Waals surface area (Å²) in [5.74, 6) is -1.61. The number of hydrogen-bond acceptors (Lipinski definition) is 8. The summed E-state index contributed by atoms with van der Waals surface area (Å²) >= 11 is 6.84. The van der Waals surface area contributed by atoms with Gasteiger partial charge in [0.25, 0.3) is 0 Å². The number of thiophene rings is 1. The van der Waals surface area contributed by atoms with Gasteiger partial charge < -0.3 is 24.8 Å². The molecule has 10 heteroatoms. The minimum atomic E-state index is -0.578. The Morgan fingerprint density at radius 2 is 1.47 bits per heavy atom. The van der Waals surface area contributed by atoms with Gasteiger partial charge in [-0.15, -0.1) is 11.3 Å². The van der Waals surface area contributed by atoms with Gasteiger partial charge in [0.1, 0.15) is 5.00 Å². The first-order valence-corrected chi connectivity index (χ1v) is 12.0. The summed E-state index contributed by atoms with van der Waals surface area (Å²) in [5, 5.41) is 6.74. The van der Waals surface area contributed by atoms with Crippen molar-refractivity contribution in [2.75, 3.05) is 17.7 Å². The lowest BCUT2D eigenvalue weighted by Crippen LogP contribution is -2.21. The standard InChI is InChI=1S/C24H30N2O6S2/c1-8-18-14(6)34-20(19(18)23(29)30-7)26-24(33)25-17-10-15(21(27)31-12(2)3)9-16(11-17)22(28)32-13(4)5/h9-13H,8H2,1-7H3,(H2,25,26,33). The van der Waals surface area contributed by atoms with Crippen molar-refractivity contribution in [2.45, 2.75) is 60.2 Å². The van der Waals surface area contributed by atoms with Crippen LogP contribution in [0.5, 0.6) is 0 Å². The number of anilines is 2. The van der Waals surface area contributed by atoms with Crippen LogP contribution in [0.25, 0.3) is 0 Å². The molecule has 0 aliphatic heterocycles. The summed E-state index contributed by atoms with van der Waals surface area (Å²) in [6.45, 7) is 10.8. The average molecular weight is 507 g/mol. The van der Waals surface area contributed by atoms with Crippen LogP contribution in [0.3, 0.4) is 0 Å². The van der Waals surface area contributed by atoms with E-state index in [1.165, 1.54) is 36.6 Å². The molecule has 1 aromatic heterocycles. The van der Waals surface area contributed by atoms with E-state index in [0.717, 1.165) is 10.4 Å². The van der Waals surface area contributed by atoms with E-state index in [0.29, 0.717) is 22.7 Å². The number of carbonyl (C=O) groups excluding carboxylic acids is 3. The molecule has 0 saturated carbocycles. The number of ether oxygens (including phenoxy) is 3. The normalized spacial score (nSPS) is 10.7. The predicted octanol–water partition coefficient (Wildman–Crippen LogP) is 5.34. The van der Waals surface area contributed by atoms with Crippen LogP contribution in [-0.2, 0) is 20.6 Å². The first kappa shape index (κ1) is 27.3. The van der Waals surface area contributed by atoms with Crippen LogP contribution in [0, 0.1) is 6.92 Å². The average Bonchev–Trinajstić information content (AvgIpc) is 3.06. The van der Waals surface area contributed by atoms with E-state index in [2.05, 4.69) is 10.6 Å². The molecule has 0 aliphatic carbocycles. The first-order valence-electron chi connectivity index (χ1n) is 10.8. The third-order valence-corrected chi connectivity index (χ3v) is 5.79. The van der Waals surface area contributed by atoms with Crippen LogP contribution in [0.4, 0.5) is 10.7 Å². The van der Waals surface area contributed by atoms with Crippen molar-refractivity contribution >= 4 is 57.3 Å². The van der Waals surface area contributed by atoms with E-state index in [1.54, 1.807) is 27.7 Å². The van der Waals surface area contributed by atoms with Gasteiger partial charge in [0.2, 0.25) is 0 Å². The molecular formula is C24H30N2O6S2. The van der Waals surface area contributed by atoms with Gasteiger partial charge in [-0.25, -0.2) is 14.4 Å². The minimum Gasteiger partial charge on any atom is -0.465 e. The summed E-state index contributed by atoms with van der Waals surface area (Å²) in [6.07, 6.45) is 0.00433. The van der Waals surface area contributed by atoms with Gasteiger partial charge in [0.15, 0.2) is 5.11 Å². The minimum absolute atomic E-state index is 0.173. The molecule has 2 aromatic rings. The SMILES string of the molecule is CCc1c(C)sc(NC(=S)Nc2cc(C(=O)OC(C)C)cc(C(=O)OC(C)C)c2)c1C(=O)OC. The molecule has 0 spiro atoms. The molecular weight excluding hydrogens is 476 g/mol. The Bertz CT molecular complexity index is 1050. The van der Waals surface area contributed by atoms with Crippen LogP contribution < -0.4 is 10.6 Å². The Morgan fingerprint density at radius 1 is 0.941 bits per heavy atom. The maximum Gasteiger partial charge on any atom is 0.341 e. The number of aryl methyl sites for hydroxylation is 1. The highest BCUT2D eigenvalue weighted by Gasteiger charge is 2.23. The van der Waals surface area contributed by atoms with Gasteiger partial charge in [-0.1, -0.05) is 6.92 Å². The van der Waals surface area contributed by atoms with Crippen molar-refractivity contribution in [2.24, 2.45) is 0 Å². The van der Waals surface area contributed by atoms with Gasteiger partial charge in [-0.05, 0) is 77.0 Å². The lowest BCUT2D eigenvalue weighted by atomic mass is 10.1. The second-order valence-electron chi connectivity index (χ2n) is 7.97. The lowest BCUT2D eigenvalue weighted by molar-refractivity contribution is 0.0377. The Hall–Kier alpha value is -2.98. The summed E-state index contributed by atoms with van der Waals surface area (Å²) in [7, 11) is 1.33. The molecule has 1 aromatic carbocycles. The fourth-order valence-electron chi connectivity index (χ4n) is 3.18. The summed E-state index contributed by atoms with van der Waals surface area (Å²) < 4.78 is 15.5. The Labute approximate surface area is 209 Å². The van der Waals surface area contributed by atoms with Crippen LogP contribution in [0.15, 0.2) is 18.2 Å². The first-order chi connectivity index (χ1) is 16.0. The van der Waals surface area contributed by atoms with E-state index >= 15 is 0 Å². The fourth-order valence-corrected chi connectivity index (χ4v) is 4.60. The monoisotopic (exact) mass is 506 g/mol. The van der Waals surface area contributed by atoms with Crippen LogP contribution in [0.2, 0.25) is 0 Å². The predicted molar refractivity (Wildman–Crippen MR) is 137 cm³/mol. The van der Waals surface area contributed by atoms with Crippen molar-refractivity contribution in [3.05, 3.63) is 45.3 Å². The number of hydrogen-bond donors (Lipinski definition) is 2. The molecule has 0 bridgehead atoms. The third kappa shape index (κ3) is 7.01. The summed E-state index contributed by atoms with van der Waals surface area (Å²) in [6, 6.07) is 4.48. The highest BCUT2D eigenvalue weighted by Crippen LogP contribution is 2.34. The summed E-state index contributed by atoms with van der Waals surface area (Å²) in [5.41, 5.74) is 2.06. The number of esters is 3. The van der Waals surface area contributed by atoms with E-state index < -0.39 is 17.9 Å². The Morgan fingerprint density at radius 3 is 1.91 bits per heavy atom. The number of thiocarbonyl (C=S) groups is 1. The van der Waals surface area contributed by atoms with Crippen molar-refractivity contribution in [1.82, 2.24) is 0 Å². The van der Waals surface area contributed by atoms with Crippen molar-refractivity contribution in [3.63, 3.8) is 0 Å². The quantitative estimate of drug-likeness (QED) is 0.279. The molecule has 34 heavy (non-hydrogen) atoms. The molecule has 2 rings (SSSR count). The lowest BCUT2D eigenvalue weighted by Gasteiger charge is -2.15. The molecule has 2 N–H and O–H groups in total. The number of benzene rings is 1. The largest absolute Gasteiger partial charge is 0.465 e. The van der Waals surface area contributed by atoms with E-state index in [-0.39, 0.29) is 28.4 Å². The smallest absolute Gasteiger partial charge is 0.341 e. The molecule has 0 fully saturated rings. The maximum atomic E-state index is 12.5. The molecule has 0 radical (unpaired) electrons.